The van der Waals surface area contributed by atoms with Crippen LogP contribution < -0.4 is 5.32 Å². The van der Waals surface area contributed by atoms with Crippen molar-refractivity contribution in [2.75, 3.05) is 25.4 Å². The lowest BCUT2D eigenvalue weighted by Crippen LogP contribution is -2.33. The largest absolute Gasteiger partial charge is 0.481 e. The lowest BCUT2D eigenvalue weighted by Gasteiger charge is -2.16. The van der Waals surface area contributed by atoms with E-state index in [1.54, 1.807) is 4.90 Å². The standard InChI is InChI=1S/C12H20N2O4S/c1-2-9(7-11(16)17)8-13-10(15)3-4-14-5-6-19-12(14)18/h9H,2-8H2,1H3,(H,13,15)(H,16,17). The van der Waals surface area contributed by atoms with Crippen LogP contribution in [0.1, 0.15) is 26.2 Å². The first-order chi connectivity index (χ1) is 9.02. The second kappa shape index (κ2) is 8.04. The van der Waals surface area contributed by atoms with Gasteiger partial charge >= 0.3 is 5.97 Å². The Bertz CT molecular complexity index is 349. The van der Waals surface area contributed by atoms with Gasteiger partial charge in [-0.3, -0.25) is 14.4 Å². The molecule has 1 saturated heterocycles. The molecule has 1 atom stereocenters. The quantitative estimate of drug-likeness (QED) is 0.700. The molecule has 0 radical (unpaired) electrons. The molecule has 0 spiro atoms. The van der Waals surface area contributed by atoms with Gasteiger partial charge in [0.2, 0.25) is 5.91 Å². The average Bonchev–Trinajstić information content (AvgIpc) is 2.77. The maximum atomic E-state index is 11.6. The molecule has 1 rings (SSSR count). The summed E-state index contributed by atoms with van der Waals surface area (Å²) >= 11 is 1.28. The first-order valence-electron chi connectivity index (χ1n) is 6.43. The Kier molecular flexibility index (Phi) is 6.69. The highest BCUT2D eigenvalue weighted by Crippen LogP contribution is 2.17. The van der Waals surface area contributed by atoms with Crippen LogP contribution in [0, 0.1) is 5.92 Å². The molecule has 1 aliphatic heterocycles. The minimum atomic E-state index is -0.846. The van der Waals surface area contributed by atoms with Crippen molar-refractivity contribution >= 4 is 28.9 Å². The number of carboxylic acids is 1. The smallest absolute Gasteiger partial charge is 0.303 e. The highest BCUT2D eigenvalue weighted by atomic mass is 32.2. The molecule has 1 unspecified atom stereocenters. The molecule has 108 valence electrons. The Morgan fingerprint density at radius 3 is 2.79 bits per heavy atom. The molecule has 2 amide bonds. The van der Waals surface area contributed by atoms with Crippen LogP contribution in [0.4, 0.5) is 4.79 Å². The van der Waals surface area contributed by atoms with E-state index in [-0.39, 0.29) is 29.9 Å². The molecule has 7 heteroatoms. The van der Waals surface area contributed by atoms with Crippen molar-refractivity contribution < 1.29 is 19.5 Å². The summed E-state index contributed by atoms with van der Waals surface area (Å²) in [5.41, 5.74) is 0. The molecule has 0 aliphatic carbocycles. The SMILES string of the molecule is CCC(CNC(=O)CCN1CCSC1=O)CC(=O)O. The van der Waals surface area contributed by atoms with E-state index in [4.69, 9.17) is 5.11 Å². The van der Waals surface area contributed by atoms with Crippen LogP contribution >= 0.6 is 11.8 Å². The lowest BCUT2D eigenvalue weighted by molar-refractivity contribution is -0.138. The number of thioether (sulfide) groups is 1. The van der Waals surface area contributed by atoms with Gasteiger partial charge in [0.05, 0.1) is 0 Å². The van der Waals surface area contributed by atoms with Gasteiger partial charge in [-0.25, -0.2) is 0 Å². The highest BCUT2D eigenvalue weighted by Gasteiger charge is 2.21. The third-order valence-corrected chi connectivity index (χ3v) is 3.97. The summed E-state index contributed by atoms with van der Waals surface area (Å²) in [6.07, 6.45) is 1.06. The molecule has 0 aromatic heterocycles. The van der Waals surface area contributed by atoms with Crippen molar-refractivity contribution in [3.63, 3.8) is 0 Å². The molecule has 0 bridgehead atoms. The van der Waals surface area contributed by atoms with Crippen LogP contribution in [-0.2, 0) is 9.59 Å². The molecular formula is C12H20N2O4S. The highest BCUT2D eigenvalue weighted by molar-refractivity contribution is 8.13. The predicted octanol–water partition coefficient (Wildman–Crippen LogP) is 1.16. The van der Waals surface area contributed by atoms with Crippen LogP contribution in [0.3, 0.4) is 0 Å². The topological polar surface area (TPSA) is 86.7 Å². The number of carboxylic acid groups (broad SMARTS) is 1. The molecule has 1 heterocycles. The number of nitrogens with one attached hydrogen (secondary N) is 1. The van der Waals surface area contributed by atoms with Crippen LogP contribution in [-0.4, -0.2) is 52.5 Å². The van der Waals surface area contributed by atoms with E-state index in [0.29, 0.717) is 26.1 Å². The van der Waals surface area contributed by atoms with Crippen LogP contribution in [0.15, 0.2) is 0 Å². The molecular weight excluding hydrogens is 268 g/mol. The zero-order valence-corrected chi connectivity index (χ0v) is 11.9. The third kappa shape index (κ3) is 5.96. The molecule has 1 aliphatic rings. The minimum Gasteiger partial charge on any atom is -0.481 e. The Balaban J connectivity index is 2.19. The fourth-order valence-electron chi connectivity index (χ4n) is 1.82. The zero-order valence-electron chi connectivity index (χ0n) is 11.1. The fourth-order valence-corrected chi connectivity index (χ4v) is 2.67. The van der Waals surface area contributed by atoms with Crippen molar-refractivity contribution in [1.82, 2.24) is 10.2 Å². The van der Waals surface area contributed by atoms with Crippen molar-refractivity contribution in [2.45, 2.75) is 26.2 Å². The van der Waals surface area contributed by atoms with Crippen molar-refractivity contribution in [1.29, 1.82) is 0 Å². The van der Waals surface area contributed by atoms with Crippen molar-refractivity contribution in [2.24, 2.45) is 5.92 Å². The van der Waals surface area contributed by atoms with Crippen molar-refractivity contribution in [3.8, 4) is 0 Å². The summed E-state index contributed by atoms with van der Waals surface area (Å²) in [5.74, 6) is -0.225. The monoisotopic (exact) mass is 288 g/mol. The number of carbonyl (C=O) groups excluding carboxylic acids is 2. The number of hydrogen-bond acceptors (Lipinski definition) is 4. The van der Waals surface area contributed by atoms with Crippen LogP contribution in [0.25, 0.3) is 0 Å². The number of hydrogen-bond donors (Lipinski definition) is 2. The first kappa shape index (κ1) is 15.8. The van der Waals surface area contributed by atoms with Crippen LogP contribution in [0.5, 0.6) is 0 Å². The van der Waals surface area contributed by atoms with Gasteiger partial charge < -0.3 is 15.3 Å². The fraction of sp³-hybridized carbons (Fsp3) is 0.750. The summed E-state index contributed by atoms with van der Waals surface area (Å²) in [4.78, 5) is 35.2. The number of nitrogens with zero attached hydrogens (tertiary/aromatic N) is 1. The van der Waals surface area contributed by atoms with E-state index < -0.39 is 5.97 Å². The Labute approximate surface area is 116 Å². The summed E-state index contributed by atoms with van der Waals surface area (Å²) in [5, 5.41) is 11.5. The minimum absolute atomic E-state index is 0.0325. The average molecular weight is 288 g/mol. The lowest BCUT2D eigenvalue weighted by atomic mass is 10.0. The Hall–Kier alpha value is -1.24. The normalized spacial score (nSPS) is 16.5. The maximum absolute atomic E-state index is 11.6. The summed E-state index contributed by atoms with van der Waals surface area (Å²) in [7, 11) is 0. The second-order valence-corrected chi connectivity index (χ2v) is 5.57. The van der Waals surface area contributed by atoms with E-state index in [2.05, 4.69) is 5.32 Å². The van der Waals surface area contributed by atoms with Gasteiger partial charge in [-0.05, 0) is 5.92 Å². The Morgan fingerprint density at radius 2 is 2.26 bits per heavy atom. The van der Waals surface area contributed by atoms with Gasteiger partial charge in [0.1, 0.15) is 0 Å². The van der Waals surface area contributed by atoms with Gasteiger partial charge in [-0.15, -0.1) is 0 Å². The van der Waals surface area contributed by atoms with E-state index in [9.17, 15) is 14.4 Å². The van der Waals surface area contributed by atoms with Gasteiger partial charge in [0.25, 0.3) is 5.24 Å². The molecule has 2 N–H and O–H groups in total. The number of carbonyl (C=O) groups is 3. The van der Waals surface area contributed by atoms with Gasteiger partial charge in [-0.2, -0.15) is 0 Å². The molecule has 6 nitrogen and oxygen atoms in total. The molecule has 1 fully saturated rings. The van der Waals surface area contributed by atoms with E-state index in [1.165, 1.54) is 11.8 Å². The van der Waals surface area contributed by atoms with Gasteiger partial charge in [-0.1, -0.05) is 25.1 Å². The number of aliphatic carboxylic acids is 1. The Morgan fingerprint density at radius 1 is 1.53 bits per heavy atom. The summed E-state index contributed by atoms with van der Waals surface area (Å²) in [6.45, 7) is 3.42. The van der Waals surface area contributed by atoms with E-state index >= 15 is 0 Å². The van der Waals surface area contributed by atoms with E-state index in [1.807, 2.05) is 6.92 Å². The van der Waals surface area contributed by atoms with Crippen molar-refractivity contribution in [3.05, 3.63) is 0 Å². The summed E-state index contributed by atoms with van der Waals surface area (Å²) in [6, 6.07) is 0. The number of rotatable bonds is 8. The third-order valence-electron chi connectivity index (χ3n) is 3.08. The van der Waals surface area contributed by atoms with Gasteiger partial charge in [0, 0.05) is 38.2 Å². The molecule has 0 aromatic rings. The molecule has 0 saturated carbocycles. The second-order valence-electron chi connectivity index (χ2n) is 4.53. The molecule has 19 heavy (non-hydrogen) atoms. The zero-order chi connectivity index (χ0) is 14.3. The maximum Gasteiger partial charge on any atom is 0.303 e. The van der Waals surface area contributed by atoms with E-state index in [0.717, 1.165) is 5.75 Å². The summed E-state index contributed by atoms with van der Waals surface area (Å²) < 4.78 is 0. The first-order valence-corrected chi connectivity index (χ1v) is 7.41. The van der Waals surface area contributed by atoms with Crippen LogP contribution in [0.2, 0.25) is 0 Å². The predicted molar refractivity (Wildman–Crippen MR) is 73.1 cm³/mol. The molecule has 0 aromatic carbocycles. The van der Waals surface area contributed by atoms with Gasteiger partial charge in [0.15, 0.2) is 0 Å². The number of amides is 2.